The second kappa shape index (κ2) is 5.16. The third-order valence-corrected chi connectivity index (χ3v) is 5.79. The molecule has 2 unspecified atom stereocenters. The third-order valence-electron chi connectivity index (χ3n) is 5.60. The Hall–Kier alpha value is -1.75. The Kier molecular flexibility index (Phi) is 3.56. The van der Waals surface area contributed by atoms with Crippen molar-refractivity contribution in [2.45, 2.75) is 33.6 Å². The molecule has 0 heterocycles. The molecule has 116 valence electrons. The van der Waals surface area contributed by atoms with Crippen molar-refractivity contribution in [3.8, 4) is 0 Å². The van der Waals surface area contributed by atoms with Crippen LogP contribution in [0.2, 0.25) is 0 Å². The number of nitrogens with zero attached hydrogens (tertiary/aromatic N) is 1. The summed E-state index contributed by atoms with van der Waals surface area (Å²) in [6.45, 7) is 6.41. The van der Waals surface area contributed by atoms with Crippen LogP contribution in [0.1, 0.15) is 33.6 Å². The van der Waals surface area contributed by atoms with Crippen molar-refractivity contribution in [1.29, 1.82) is 0 Å². The second-order valence-electron chi connectivity index (χ2n) is 6.90. The molecule has 5 heteroatoms. The van der Waals surface area contributed by atoms with Gasteiger partial charge in [0, 0.05) is 17.0 Å². The second-order valence-corrected chi connectivity index (χ2v) is 7.31. The molecule has 2 aliphatic carbocycles. The number of ketones is 1. The first-order valence-electron chi connectivity index (χ1n) is 7.61. The number of rotatable bonds is 2. The highest BCUT2D eigenvalue weighted by atomic mass is 32.1. The molecule has 22 heavy (non-hydrogen) atoms. The number of hydrazone groups is 1. The van der Waals surface area contributed by atoms with E-state index in [1.165, 1.54) is 0 Å². The topological polar surface area (TPSA) is 53.5 Å². The Bertz CT molecular complexity index is 653. The van der Waals surface area contributed by atoms with Gasteiger partial charge >= 0.3 is 0 Å². The van der Waals surface area contributed by atoms with Crippen LogP contribution in [0.5, 0.6) is 0 Å². The number of anilines is 1. The van der Waals surface area contributed by atoms with E-state index in [2.05, 4.69) is 36.6 Å². The first-order valence-corrected chi connectivity index (χ1v) is 8.01. The molecule has 2 aliphatic rings. The van der Waals surface area contributed by atoms with Gasteiger partial charge in [-0.1, -0.05) is 39.0 Å². The minimum atomic E-state index is -0.285. The Morgan fingerprint density at radius 2 is 1.95 bits per heavy atom. The van der Waals surface area contributed by atoms with Crippen molar-refractivity contribution in [2.75, 3.05) is 5.32 Å². The molecule has 3 rings (SSSR count). The van der Waals surface area contributed by atoms with Crippen LogP contribution in [-0.2, 0) is 4.79 Å². The van der Waals surface area contributed by atoms with Crippen molar-refractivity contribution in [3.05, 3.63) is 30.3 Å². The molecule has 2 atom stereocenters. The minimum absolute atomic E-state index is 0.0287. The number of hydrogen-bond donors (Lipinski definition) is 2. The van der Waals surface area contributed by atoms with Gasteiger partial charge in [-0.3, -0.25) is 10.2 Å². The van der Waals surface area contributed by atoms with E-state index in [0.29, 0.717) is 10.8 Å². The number of hydrogen-bond acceptors (Lipinski definition) is 3. The highest BCUT2D eigenvalue weighted by Gasteiger charge is 2.65. The van der Waals surface area contributed by atoms with Gasteiger partial charge in [0.1, 0.15) is 5.71 Å². The lowest BCUT2D eigenvalue weighted by Crippen LogP contribution is -2.34. The summed E-state index contributed by atoms with van der Waals surface area (Å²) in [7, 11) is 0. The van der Waals surface area contributed by atoms with Crippen LogP contribution >= 0.6 is 12.2 Å². The van der Waals surface area contributed by atoms with Crippen LogP contribution in [0.3, 0.4) is 0 Å². The lowest BCUT2D eigenvalue weighted by molar-refractivity contribution is -0.123. The van der Waals surface area contributed by atoms with Crippen LogP contribution in [0.4, 0.5) is 5.69 Å². The van der Waals surface area contributed by atoms with Gasteiger partial charge in [-0.05, 0) is 42.6 Å². The summed E-state index contributed by atoms with van der Waals surface area (Å²) in [6, 6.07) is 9.65. The zero-order chi connectivity index (χ0) is 16.0. The highest BCUT2D eigenvalue weighted by molar-refractivity contribution is 7.80. The van der Waals surface area contributed by atoms with Gasteiger partial charge < -0.3 is 5.32 Å². The van der Waals surface area contributed by atoms with Crippen molar-refractivity contribution in [3.63, 3.8) is 0 Å². The predicted molar refractivity (Wildman–Crippen MR) is 92.9 cm³/mol. The fourth-order valence-corrected chi connectivity index (χ4v) is 3.91. The molecule has 0 amide bonds. The van der Waals surface area contributed by atoms with Crippen molar-refractivity contribution < 1.29 is 4.79 Å². The standard InChI is InChI=1S/C17H21N3OS/c1-16(2)12-9-10-17(16,3)14(21)13(12)19-20-15(22)18-11-7-5-4-6-8-11/h4-8,12H,9-10H2,1-3H3,(H2,18,20,22)/b19-13-. The summed E-state index contributed by atoms with van der Waals surface area (Å²) < 4.78 is 0. The quantitative estimate of drug-likeness (QED) is 0.649. The fraction of sp³-hybridized carbons (Fsp3) is 0.471. The van der Waals surface area contributed by atoms with Gasteiger partial charge in [0.25, 0.3) is 0 Å². The van der Waals surface area contributed by atoms with Crippen LogP contribution in [-0.4, -0.2) is 16.6 Å². The van der Waals surface area contributed by atoms with Crippen molar-refractivity contribution in [2.24, 2.45) is 21.8 Å². The van der Waals surface area contributed by atoms with E-state index in [9.17, 15) is 4.79 Å². The number of Topliss-reactive ketones (excluding diaryl/α,β-unsaturated/α-hetero) is 1. The number of benzene rings is 1. The van der Waals surface area contributed by atoms with Gasteiger partial charge in [0.15, 0.2) is 10.9 Å². The summed E-state index contributed by atoms with van der Waals surface area (Å²) in [4.78, 5) is 12.6. The lowest BCUT2D eigenvalue weighted by Gasteiger charge is -2.31. The van der Waals surface area contributed by atoms with E-state index in [1.54, 1.807) is 0 Å². The third kappa shape index (κ3) is 2.15. The maximum Gasteiger partial charge on any atom is 0.191 e. The molecule has 1 aromatic rings. The first kappa shape index (κ1) is 15.2. The Morgan fingerprint density at radius 1 is 1.27 bits per heavy atom. The summed E-state index contributed by atoms with van der Waals surface area (Å²) in [6.07, 6.45) is 1.98. The van der Waals surface area contributed by atoms with E-state index in [4.69, 9.17) is 12.2 Å². The molecule has 2 fully saturated rings. The van der Waals surface area contributed by atoms with Crippen LogP contribution in [0.25, 0.3) is 0 Å². The monoisotopic (exact) mass is 315 g/mol. The lowest BCUT2D eigenvalue weighted by atomic mass is 9.70. The van der Waals surface area contributed by atoms with E-state index in [1.807, 2.05) is 30.3 Å². The molecule has 2 saturated carbocycles. The average Bonchev–Trinajstić information content (AvgIpc) is 2.79. The van der Waals surface area contributed by atoms with Gasteiger partial charge in [0.2, 0.25) is 0 Å². The average molecular weight is 315 g/mol. The van der Waals surface area contributed by atoms with Crippen LogP contribution in [0, 0.1) is 16.7 Å². The normalized spacial score (nSPS) is 30.6. The largest absolute Gasteiger partial charge is 0.331 e. The number of carbonyl (C=O) groups excluding carboxylic acids is 1. The highest BCUT2D eigenvalue weighted by Crippen LogP contribution is 2.62. The van der Waals surface area contributed by atoms with E-state index in [0.717, 1.165) is 18.5 Å². The first-order chi connectivity index (χ1) is 10.4. The summed E-state index contributed by atoms with van der Waals surface area (Å²) in [5.41, 5.74) is 4.06. The fourth-order valence-electron chi connectivity index (χ4n) is 3.75. The molecular weight excluding hydrogens is 294 g/mol. The maximum absolute atomic E-state index is 12.6. The summed E-state index contributed by atoms with van der Waals surface area (Å²) >= 11 is 5.24. The Labute approximate surface area is 136 Å². The van der Waals surface area contributed by atoms with Gasteiger partial charge in [0.05, 0.1) is 0 Å². The molecule has 2 bridgehead atoms. The number of carbonyl (C=O) groups is 1. The Morgan fingerprint density at radius 3 is 2.55 bits per heavy atom. The predicted octanol–water partition coefficient (Wildman–Crippen LogP) is 3.35. The van der Waals surface area contributed by atoms with Gasteiger partial charge in [-0.15, -0.1) is 0 Å². The van der Waals surface area contributed by atoms with Crippen molar-refractivity contribution in [1.82, 2.24) is 5.43 Å². The number of para-hydroxylation sites is 1. The molecule has 0 radical (unpaired) electrons. The minimum Gasteiger partial charge on any atom is -0.331 e. The molecule has 0 aromatic heterocycles. The van der Waals surface area contributed by atoms with Gasteiger partial charge in [-0.2, -0.15) is 5.10 Å². The zero-order valence-electron chi connectivity index (χ0n) is 13.1. The summed E-state index contributed by atoms with van der Waals surface area (Å²) in [5, 5.41) is 7.79. The van der Waals surface area contributed by atoms with E-state index in [-0.39, 0.29) is 22.5 Å². The molecular formula is C17H21N3OS. The molecule has 2 N–H and O–H groups in total. The number of fused-ring (bicyclic) bond motifs is 2. The smallest absolute Gasteiger partial charge is 0.191 e. The molecule has 1 aromatic carbocycles. The van der Waals surface area contributed by atoms with Crippen molar-refractivity contribution >= 4 is 34.5 Å². The summed E-state index contributed by atoms with van der Waals surface area (Å²) in [5.74, 6) is 0.390. The van der Waals surface area contributed by atoms with E-state index >= 15 is 0 Å². The molecule has 0 spiro atoms. The number of thiocarbonyl (C=S) groups is 1. The number of nitrogens with one attached hydrogen (secondary N) is 2. The SMILES string of the molecule is CC12CCC(/C(=N/NC(=S)Nc3ccccc3)C1=O)C2(C)C. The van der Waals surface area contributed by atoms with E-state index < -0.39 is 0 Å². The maximum atomic E-state index is 12.6. The molecule has 0 aliphatic heterocycles. The molecule has 0 saturated heterocycles. The van der Waals surface area contributed by atoms with Gasteiger partial charge in [-0.25, -0.2) is 0 Å². The van der Waals surface area contributed by atoms with Crippen LogP contribution in [0.15, 0.2) is 35.4 Å². The van der Waals surface area contributed by atoms with Crippen LogP contribution < -0.4 is 10.7 Å². The Balaban J connectivity index is 1.72. The zero-order valence-corrected chi connectivity index (χ0v) is 14.0. The molecule has 4 nitrogen and oxygen atoms in total.